The quantitative estimate of drug-likeness (QED) is 0.370. The van der Waals surface area contributed by atoms with Crippen LogP contribution in [0.3, 0.4) is 0 Å². The summed E-state index contributed by atoms with van der Waals surface area (Å²) in [6, 6.07) is 12.0. The van der Waals surface area contributed by atoms with Gasteiger partial charge in [-0.3, -0.25) is 9.59 Å². The van der Waals surface area contributed by atoms with E-state index in [1.165, 1.54) is 0 Å². The lowest BCUT2D eigenvalue weighted by molar-refractivity contribution is -0.134. The molecule has 1 amide bonds. The van der Waals surface area contributed by atoms with E-state index in [1.807, 2.05) is 13.0 Å². The fourth-order valence-corrected chi connectivity index (χ4v) is 2.91. The smallest absolute Gasteiger partial charge is 0.311 e. The monoisotopic (exact) mass is 439 g/mol. The Balaban J connectivity index is 1.78. The van der Waals surface area contributed by atoms with Crippen molar-refractivity contribution in [3.63, 3.8) is 0 Å². The summed E-state index contributed by atoms with van der Waals surface area (Å²) >= 11 is 9.30. The molecule has 0 aromatic heterocycles. The molecule has 0 radical (unpaired) electrons. The van der Waals surface area contributed by atoms with E-state index in [0.717, 1.165) is 4.47 Å². The van der Waals surface area contributed by atoms with E-state index in [4.69, 9.17) is 21.1 Å². The van der Waals surface area contributed by atoms with Gasteiger partial charge in [-0.05, 0) is 43.7 Å². The Hall–Kier alpha value is -2.05. The van der Waals surface area contributed by atoms with Crippen molar-refractivity contribution in [2.24, 2.45) is 0 Å². The molecule has 5 nitrogen and oxygen atoms in total. The first kappa shape index (κ1) is 20.3. The zero-order valence-corrected chi connectivity index (χ0v) is 16.6. The first-order valence-corrected chi connectivity index (χ1v) is 9.34. The SMILES string of the molecule is CCOc1ccccc1C(=O)NCCCC(=O)Oc1ccc(Br)cc1Cl. The standard InChI is InChI=1S/C19H19BrClNO4/c1-2-25-16-7-4-3-6-14(16)19(24)22-11-5-8-18(23)26-17-10-9-13(20)12-15(17)21/h3-4,6-7,9-10,12H,2,5,8,11H2,1H3,(H,22,24). The van der Waals surface area contributed by atoms with Crippen molar-refractivity contribution >= 4 is 39.4 Å². The highest BCUT2D eigenvalue weighted by atomic mass is 79.9. The van der Waals surface area contributed by atoms with Gasteiger partial charge in [0.25, 0.3) is 5.91 Å². The molecular weight excluding hydrogens is 422 g/mol. The molecule has 0 atom stereocenters. The average molecular weight is 441 g/mol. The van der Waals surface area contributed by atoms with Gasteiger partial charge in [0, 0.05) is 17.4 Å². The lowest BCUT2D eigenvalue weighted by Crippen LogP contribution is -2.25. The Bertz CT molecular complexity index is 782. The van der Waals surface area contributed by atoms with Crippen molar-refractivity contribution in [2.75, 3.05) is 13.2 Å². The predicted octanol–water partition coefficient (Wildman–Crippen LogP) is 4.62. The van der Waals surface area contributed by atoms with Crippen LogP contribution in [0.25, 0.3) is 0 Å². The zero-order valence-electron chi connectivity index (χ0n) is 14.3. The number of ether oxygens (including phenoxy) is 2. The van der Waals surface area contributed by atoms with Crippen molar-refractivity contribution in [1.82, 2.24) is 5.32 Å². The highest BCUT2D eigenvalue weighted by molar-refractivity contribution is 9.10. The van der Waals surface area contributed by atoms with Crippen molar-refractivity contribution < 1.29 is 19.1 Å². The number of esters is 1. The molecule has 26 heavy (non-hydrogen) atoms. The Kier molecular flexibility index (Phi) is 7.94. The van der Waals surface area contributed by atoms with E-state index in [2.05, 4.69) is 21.2 Å². The largest absolute Gasteiger partial charge is 0.493 e. The maximum absolute atomic E-state index is 12.2. The first-order chi connectivity index (χ1) is 12.5. The summed E-state index contributed by atoms with van der Waals surface area (Å²) in [7, 11) is 0. The number of amides is 1. The fraction of sp³-hybridized carbons (Fsp3) is 0.263. The molecule has 0 saturated carbocycles. The molecule has 1 N–H and O–H groups in total. The highest BCUT2D eigenvalue weighted by Gasteiger charge is 2.12. The lowest BCUT2D eigenvalue weighted by atomic mass is 10.2. The number of halogens is 2. The van der Waals surface area contributed by atoms with Gasteiger partial charge < -0.3 is 14.8 Å². The van der Waals surface area contributed by atoms with E-state index in [0.29, 0.717) is 41.7 Å². The normalized spacial score (nSPS) is 10.3. The Morgan fingerprint density at radius 2 is 1.92 bits per heavy atom. The minimum atomic E-state index is -0.404. The van der Waals surface area contributed by atoms with E-state index >= 15 is 0 Å². The minimum Gasteiger partial charge on any atom is -0.493 e. The summed E-state index contributed by atoms with van der Waals surface area (Å²) in [5, 5.41) is 3.13. The molecule has 0 aliphatic heterocycles. The molecule has 2 aromatic carbocycles. The van der Waals surface area contributed by atoms with Crippen LogP contribution in [0.4, 0.5) is 0 Å². The second kappa shape index (κ2) is 10.2. The maximum atomic E-state index is 12.2. The van der Waals surface area contributed by atoms with Crippen molar-refractivity contribution in [2.45, 2.75) is 19.8 Å². The maximum Gasteiger partial charge on any atom is 0.311 e. The molecule has 0 aliphatic carbocycles. The zero-order chi connectivity index (χ0) is 18.9. The molecule has 0 bridgehead atoms. The van der Waals surface area contributed by atoms with Crippen molar-refractivity contribution in [3.8, 4) is 11.5 Å². The van der Waals surface area contributed by atoms with E-state index < -0.39 is 5.97 Å². The number of benzene rings is 2. The van der Waals surface area contributed by atoms with Crippen molar-refractivity contribution in [1.29, 1.82) is 0 Å². The first-order valence-electron chi connectivity index (χ1n) is 8.17. The van der Waals surface area contributed by atoms with Gasteiger partial charge in [-0.1, -0.05) is 39.7 Å². The van der Waals surface area contributed by atoms with E-state index in [1.54, 1.807) is 36.4 Å². The van der Waals surface area contributed by atoms with Crippen LogP contribution >= 0.6 is 27.5 Å². The van der Waals surface area contributed by atoms with Gasteiger partial charge in [0.15, 0.2) is 0 Å². The molecule has 0 spiro atoms. The summed E-state index contributed by atoms with van der Waals surface area (Å²) in [5.41, 5.74) is 0.471. The number of hydrogen-bond donors (Lipinski definition) is 1. The Morgan fingerprint density at radius 3 is 2.65 bits per heavy atom. The van der Waals surface area contributed by atoms with Crippen LogP contribution in [0, 0.1) is 0 Å². The minimum absolute atomic E-state index is 0.166. The van der Waals surface area contributed by atoms with Crippen LogP contribution in [-0.4, -0.2) is 25.0 Å². The van der Waals surface area contributed by atoms with Crippen LogP contribution in [0.1, 0.15) is 30.1 Å². The Morgan fingerprint density at radius 1 is 1.15 bits per heavy atom. The number of hydrogen-bond acceptors (Lipinski definition) is 4. The average Bonchev–Trinajstić information content (AvgIpc) is 2.62. The number of carbonyl (C=O) groups excluding carboxylic acids is 2. The predicted molar refractivity (Wildman–Crippen MR) is 104 cm³/mol. The molecule has 138 valence electrons. The second-order valence-electron chi connectivity index (χ2n) is 5.34. The molecule has 7 heteroatoms. The van der Waals surface area contributed by atoms with Crippen LogP contribution in [0.15, 0.2) is 46.9 Å². The van der Waals surface area contributed by atoms with Crippen LogP contribution < -0.4 is 14.8 Å². The molecule has 0 saturated heterocycles. The Labute approximate surface area is 165 Å². The van der Waals surface area contributed by atoms with Gasteiger partial charge >= 0.3 is 5.97 Å². The van der Waals surface area contributed by atoms with Crippen LogP contribution in [0.2, 0.25) is 5.02 Å². The van der Waals surface area contributed by atoms with Gasteiger partial charge in [-0.15, -0.1) is 0 Å². The summed E-state index contributed by atoms with van der Waals surface area (Å²) in [6.07, 6.45) is 0.620. The third-order valence-corrected chi connectivity index (χ3v) is 4.18. The van der Waals surface area contributed by atoms with Gasteiger partial charge in [0.2, 0.25) is 0 Å². The molecular formula is C19H19BrClNO4. The molecule has 2 rings (SSSR count). The summed E-state index contributed by atoms with van der Waals surface area (Å²) in [5.74, 6) is 0.211. The second-order valence-corrected chi connectivity index (χ2v) is 6.66. The van der Waals surface area contributed by atoms with Crippen LogP contribution in [-0.2, 0) is 4.79 Å². The molecule has 0 aliphatic rings. The topological polar surface area (TPSA) is 64.6 Å². The molecule has 0 fully saturated rings. The number of nitrogens with one attached hydrogen (secondary N) is 1. The number of para-hydroxylation sites is 1. The highest BCUT2D eigenvalue weighted by Crippen LogP contribution is 2.28. The third kappa shape index (κ3) is 6.04. The van der Waals surface area contributed by atoms with E-state index in [9.17, 15) is 9.59 Å². The lowest BCUT2D eigenvalue weighted by Gasteiger charge is -2.10. The summed E-state index contributed by atoms with van der Waals surface area (Å²) < 4.78 is 11.5. The summed E-state index contributed by atoms with van der Waals surface area (Å²) in [4.78, 5) is 24.1. The molecule has 2 aromatic rings. The van der Waals surface area contributed by atoms with Gasteiger partial charge in [-0.25, -0.2) is 0 Å². The van der Waals surface area contributed by atoms with E-state index in [-0.39, 0.29) is 12.3 Å². The van der Waals surface area contributed by atoms with Crippen molar-refractivity contribution in [3.05, 3.63) is 57.5 Å². The van der Waals surface area contributed by atoms with Gasteiger partial charge in [0.1, 0.15) is 11.5 Å². The van der Waals surface area contributed by atoms with Gasteiger partial charge in [-0.2, -0.15) is 0 Å². The number of carbonyl (C=O) groups is 2. The fourth-order valence-electron chi connectivity index (χ4n) is 2.20. The third-order valence-electron chi connectivity index (χ3n) is 3.39. The number of rotatable bonds is 8. The molecule has 0 heterocycles. The van der Waals surface area contributed by atoms with Gasteiger partial charge in [0.05, 0.1) is 17.2 Å². The summed E-state index contributed by atoms with van der Waals surface area (Å²) in [6.45, 7) is 2.69. The van der Waals surface area contributed by atoms with Crippen LogP contribution in [0.5, 0.6) is 11.5 Å². The molecule has 0 unspecified atom stereocenters.